The van der Waals surface area contributed by atoms with E-state index in [0.717, 1.165) is 11.3 Å². The van der Waals surface area contributed by atoms with Crippen LogP contribution in [0.5, 0.6) is 5.75 Å². The predicted octanol–water partition coefficient (Wildman–Crippen LogP) is 3.76. The van der Waals surface area contributed by atoms with E-state index in [9.17, 15) is 5.11 Å². The highest BCUT2D eigenvalue weighted by atomic mass is 16.3. The molecule has 0 saturated carbocycles. The fraction of sp³-hybridized carbons (Fsp3) is 0.133. The Hall–Kier alpha value is -2.09. The van der Waals surface area contributed by atoms with E-state index in [2.05, 4.69) is 24.9 Å². The van der Waals surface area contributed by atoms with Gasteiger partial charge in [0.05, 0.1) is 5.69 Å². The first kappa shape index (κ1) is 11.4. The van der Waals surface area contributed by atoms with Gasteiger partial charge in [-0.3, -0.25) is 4.99 Å². The van der Waals surface area contributed by atoms with Gasteiger partial charge < -0.3 is 5.11 Å². The molecule has 0 saturated heterocycles. The molecular formula is C15H15NO. The molecular weight excluding hydrogens is 210 g/mol. The van der Waals surface area contributed by atoms with E-state index in [-0.39, 0.29) is 5.75 Å². The van der Waals surface area contributed by atoms with Crippen LogP contribution in [0.1, 0.15) is 16.7 Å². The summed E-state index contributed by atoms with van der Waals surface area (Å²) in [7, 11) is 0. The summed E-state index contributed by atoms with van der Waals surface area (Å²) in [5.41, 5.74) is 4.35. The number of rotatable bonds is 2. The summed E-state index contributed by atoms with van der Waals surface area (Å²) >= 11 is 0. The van der Waals surface area contributed by atoms with Gasteiger partial charge in [-0.15, -0.1) is 0 Å². The number of aryl methyl sites for hydroxylation is 2. The average Bonchev–Trinajstić information content (AvgIpc) is 2.27. The lowest BCUT2D eigenvalue weighted by Gasteiger charge is -1.99. The SMILES string of the molecule is Cc1cc(C)cc(N=Cc2ccc(O)cc2)c1. The zero-order chi connectivity index (χ0) is 12.3. The Morgan fingerprint density at radius 2 is 1.53 bits per heavy atom. The molecule has 0 bridgehead atoms. The normalized spacial score (nSPS) is 10.9. The lowest BCUT2D eigenvalue weighted by atomic mass is 10.1. The smallest absolute Gasteiger partial charge is 0.115 e. The molecule has 0 aliphatic heterocycles. The van der Waals surface area contributed by atoms with Crippen LogP contribution in [0, 0.1) is 13.8 Å². The molecule has 2 rings (SSSR count). The van der Waals surface area contributed by atoms with E-state index in [1.54, 1.807) is 18.3 Å². The van der Waals surface area contributed by atoms with E-state index >= 15 is 0 Å². The summed E-state index contributed by atoms with van der Waals surface area (Å²) in [6.07, 6.45) is 1.80. The van der Waals surface area contributed by atoms with E-state index in [1.165, 1.54) is 11.1 Å². The average molecular weight is 225 g/mol. The molecule has 17 heavy (non-hydrogen) atoms. The highest BCUT2D eigenvalue weighted by molar-refractivity contribution is 5.82. The number of phenolic OH excluding ortho intramolecular Hbond substituents is 1. The van der Waals surface area contributed by atoms with Crippen molar-refractivity contribution in [1.82, 2.24) is 0 Å². The van der Waals surface area contributed by atoms with Crippen LogP contribution in [0.2, 0.25) is 0 Å². The van der Waals surface area contributed by atoms with E-state index in [4.69, 9.17) is 0 Å². The molecule has 2 aromatic carbocycles. The van der Waals surface area contributed by atoms with Crippen LogP contribution in [0.15, 0.2) is 47.5 Å². The summed E-state index contributed by atoms with van der Waals surface area (Å²) in [5.74, 6) is 0.272. The molecule has 0 aliphatic carbocycles. The summed E-state index contributed by atoms with van der Waals surface area (Å²) in [5, 5.41) is 9.17. The zero-order valence-corrected chi connectivity index (χ0v) is 10.0. The van der Waals surface area contributed by atoms with Gasteiger partial charge in [0, 0.05) is 6.21 Å². The predicted molar refractivity (Wildman–Crippen MR) is 71.3 cm³/mol. The number of phenols is 1. The van der Waals surface area contributed by atoms with Gasteiger partial charge in [0.1, 0.15) is 5.75 Å². The van der Waals surface area contributed by atoms with Crippen molar-refractivity contribution in [3.63, 3.8) is 0 Å². The van der Waals surface area contributed by atoms with Crippen molar-refractivity contribution in [2.45, 2.75) is 13.8 Å². The molecule has 0 heterocycles. The number of aliphatic imine (C=N–C) groups is 1. The third kappa shape index (κ3) is 3.18. The molecule has 86 valence electrons. The Morgan fingerprint density at radius 3 is 2.12 bits per heavy atom. The van der Waals surface area contributed by atoms with Crippen LogP contribution >= 0.6 is 0 Å². The highest BCUT2D eigenvalue weighted by Crippen LogP contribution is 2.17. The minimum atomic E-state index is 0.272. The lowest BCUT2D eigenvalue weighted by molar-refractivity contribution is 0.475. The van der Waals surface area contributed by atoms with Gasteiger partial charge >= 0.3 is 0 Å². The quantitative estimate of drug-likeness (QED) is 0.775. The number of nitrogens with zero attached hydrogens (tertiary/aromatic N) is 1. The molecule has 0 atom stereocenters. The Labute approximate surface area is 101 Å². The first-order valence-electron chi connectivity index (χ1n) is 5.55. The fourth-order valence-electron chi connectivity index (χ4n) is 1.73. The van der Waals surface area contributed by atoms with E-state index < -0.39 is 0 Å². The first-order chi connectivity index (χ1) is 8.13. The van der Waals surface area contributed by atoms with Crippen LogP contribution in [-0.4, -0.2) is 11.3 Å². The number of hydrogen-bond donors (Lipinski definition) is 1. The summed E-state index contributed by atoms with van der Waals surface area (Å²) in [4.78, 5) is 4.42. The van der Waals surface area contributed by atoms with E-state index in [0.29, 0.717) is 0 Å². The summed E-state index contributed by atoms with van der Waals surface area (Å²) in [6.45, 7) is 4.12. The molecule has 0 aromatic heterocycles. The Bertz CT molecular complexity index is 521. The van der Waals surface area contributed by atoms with Crippen molar-refractivity contribution in [3.8, 4) is 5.75 Å². The van der Waals surface area contributed by atoms with Crippen molar-refractivity contribution in [1.29, 1.82) is 0 Å². The standard InChI is InChI=1S/C15H15NO/c1-11-7-12(2)9-14(8-11)16-10-13-3-5-15(17)6-4-13/h3-10,17H,1-2H3. The van der Waals surface area contributed by atoms with Crippen molar-refractivity contribution in [3.05, 3.63) is 59.2 Å². The Balaban J connectivity index is 2.22. The van der Waals surface area contributed by atoms with Crippen molar-refractivity contribution in [2.75, 3.05) is 0 Å². The monoisotopic (exact) mass is 225 g/mol. The topological polar surface area (TPSA) is 32.6 Å². The summed E-state index contributed by atoms with van der Waals surface area (Å²) in [6, 6.07) is 13.2. The maximum atomic E-state index is 9.17. The van der Waals surface area contributed by atoms with Crippen LogP contribution in [-0.2, 0) is 0 Å². The molecule has 0 unspecified atom stereocenters. The Kier molecular flexibility index (Phi) is 3.24. The van der Waals surface area contributed by atoms with Gasteiger partial charge in [0.2, 0.25) is 0 Å². The zero-order valence-electron chi connectivity index (χ0n) is 10.0. The molecule has 0 spiro atoms. The molecule has 0 amide bonds. The maximum Gasteiger partial charge on any atom is 0.115 e. The van der Waals surface area contributed by atoms with Crippen molar-refractivity contribution in [2.24, 2.45) is 4.99 Å². The van der Waals surface area contributed by atoms with Crippen LogP contribution in [0.25, 0.3) is 0 Å². The fourth-order valence-corrected chi connectivity index (χ4v) is 1.73. The highest BCUT2D eigenvalue weighted by Gasteiger charge is 1.93. The largest absolute Gasteiger partial charge is 0.508 e. The third-order valence-corrected chi connectivity index (χ3v) is 2.46. The second kappa shape index (κ2) is 4.83. The molecule has 2 heteroatoms. The van der Waals surface area contributed by atoms with Crippen LogP contribution in [0.3, 0.4) is 0 Å². The van der Waals surface area contributed by atoms with Gasteiger partial charge in [-0.1, -0.05) is 6.07 Å². The molecule has 2 aromatic rings. The summed E-state index contributed by atoms with van der Waals surface area (Å²) < 4.78 is 0. The van der Waals surface area contributed by atoms with Crippen LogP contribution < -0.4 is 0 Å². The Morgan fingerprint density at radius 1 is 0.941 bits per heavy atom. The van der Waals surface area contributed by atoms with Crippen molar-refractivity contribution >= 4 is 11.9 Å². The second-order valence-corrected chi connectivity index (χ2v) is 4.20. The number of aromatic hydroxyl groups is 1. The minimum absolute atomic E-state index is 0.272. The van der Waals surface area contributed by atoms with Crippen LogP contribution in [0.4, 0.5) is 5.69 Å². The molecule has 0 fully saturated rings. The van der Waals surface area contributed by atoms with E-state index in [1.807, 2.05) is 24.3 Å². The number of hydrogen-bond acceptors (Lipinski definition) is 2. The maximum absolute atomic E-state index is 9.17. The second-order valence-electron chi connectivity index (χ2n) is 4.20. The van der Waals surface area contributed by atoms with Gasteiger partial charge in [-0.25, -0.2) is 0 Å². The van der Waals surface area contributed by atoms with Gasteiger partial charge in [0.15, 0.2) is 0 Å². The molecule has 1 N–H and O–H groups in total. The number of benzene rings is 2. The molecule has 0 radical (unpaired) electrons. The molecule has 0 aliphatic rings. The van der Waals surface area contributed by atoms with Gasteiger partial charge in [0.25, 0.3) is 0 Å². The lowest BCUT2D eigenvalue weighted by Crippen LogP contribution is -1.80. The minimum Gasteiger partial charge on any atom is -0.508 e. The van der Waals surface area contributed by atoms with Gasteiger partial charge in [-0.2, -0.15) is 0 Å². The van der Waals surface area contributed by atoms with Gasteiger partial charge in [-0.05, 0) is 66.9 Å². The third-order valence-electron chi connectivity index (χ3n) is 2.46. The van der Waals surface area contributed by atoms with Crippen molar-refractivity contribution < 1.29 is 5.11 Å². The first-order valence-corrected chi connectivity index (χ1v) is 5.55. The molecule has 2 nitrogen and oxygen atoms in total.